The molecule has 2 aromatic carbocycles. The molecule has 0 amide bonds. The zero-order valence-electron chi connectivity index (χ0n) is 16.2. The van der Waals surface area contributed by atoms with Crippen molar-refractivity contribution in [3.63, 3.8) is 0 Å². The van der Waals surface area contributed by atoms with Crippen LogP contribution in [0.5, 0.6) is 11.5 Å². The summed E-state index contributed by atoms with van der Waals surface area (Å²) in [6, 6.07) is 14.1. The van der Waals surface area contributed by atoms with Crippen LogP contribution in [0.1, 0.15) is 26.2 Å². The number of carbonyl (C=O) groups excluding carboxylic acids is 1. The van der Waals surface area contributed by atoms with Crippen LogP contribution in [0.15, 0.2) is 57.7 Å². The number of para-hydroxylation sites is 1. The molecule has 146 valence electrons. The first-order valence-electron chi connectivity index (χ1n) is 9.18. The van der Waals surface area contributed by atoms with E-state index in [4.69, 9.17) is 13.9 Å². The minimum Gasteiger partial charge on any atom is -0.493 e. The predicted molar refractivity (Wildman–Crippen MR) is 109 cm³/mol. The van der Waals surface area contributed by atoms with Crippen molar-refractivity contribution in [1.82, 2.24) is 0 Å². The van der Waals surface area contributed by atoms with Crippen LogP contribution in [0, 0.1) is 0 Å². The second kappa shape index (κ2) is 8.61. The molecule has 3 rings (SSSR count). The monoisotopic (exact) mass is 381 g/mol. The molecule has 0 aliphatic carbocycles. The van der Waals surface area contributed by atoms with Crippen LogP contribution in [0.3, 0.4) is 0 Å². The van der Waals surface area contributed by atoms with Crippen molar-refractivity contribution in [3.8, 4) is 11.5 Å². The molecule has 0 N–H and O–H groups in total. The minimum atomic E-state index is -0.430. The van der Waals surface area contributed by atoms with Crippen LogP contribution in [0.4, 0.5) is 11.4 Å². The first-order valence-corrected chi connectivity index (χ1v) is 9.18. The van der Waals surface area contributed by atoms with Gasteiger partial charge in [0, 0.05) is 36.7 Å². The van der Waals surface area contributed by atoms with Crippen LogP contribution >= 0.6 is 0 Å². The Hall–Kier alpha value is -3.28. The Morgan fingerprint density at radius 1 is 1.11 bits per heavy atom. The first-order chi connectivity index (χ1) is 13.5. The molecule has 0 unspecified atom stereocenters. The number of benzene rings is 2. The largest absolute Gasteiger partial charge is 0.493 e. The van der Waals surface area contributed by atoms with Gasteiger partial charge in [-0.25, -0.2) is 4.79 Å². The van der Waals surface area contributed by atoms with Crippen LogP contribution < -0.4 is 20.0 Å². The molecule has 0 aliphatic rings. The lowest BCUT2D eigenvalue weighted by Gasteiger charge is -2.22. The third-order valence-corrected chi connectivity index (χ3v) is 4.48. The molecule has 0 atom stereocenters. The molecule has 0 radical (unpaired) electrons. The maximum Gasteiger partial charge on any atom is 0.338 e. The van der Waals surface area contributed by atoms with Gasteiger partial charge in [-0.2, -0.15) is 0 Å². The zero-order valence-corrected chi connectivity index (χ0v) is 16.2. The number of carbonyl (C=O) groups is 1. The maximum atomic E-state index is 12.1. The summed E-state index contributed by atoms with van der Waals surface area (Å²) in [5, 5.41) is 0.807. The van der Waals surface area contributed by atoms with Crippen molar-refractivity contribution in [1.29, 1.82) is 0 Å². The van der Waals surface area contributed by atoms with Gasteiger partial charge >= 0.3 is 11.6 Å². The first kappa shape index (κ1) is 19.5. The molecule has 0 spiro atoms. The van der Waals surface area contributed by atoms with E-state index in [1.165, 1.54) is 13.2 Å². The Labute approximate surface area is 163 Å². The van der Waals surface area contributed by atoms with Crippen LogP contribution in [0.2, 0.25) is 0 Å². The van der Waals surface area contributed by atoms with Crippen LogP contribution in [-0.2, 0) is 4.79 Å². The molecule has 0 aliphatic heterocycles. The number of methoxy groups -OCH3 is 1. The van der Waals surface area contributed by atoms with Crippen LogP contribution in [0.25, 0.3) is 11.0 Å². The third-order valence-electron chi connectivity index (χ3n) is 4.48. The summed E-state index contributed by atoms with van der Waals surface area (Å²) >= 11 is 0. The highest BCUT2D eigenvalue weighted by Gasteiger charge is 2.15. The fourth-order valence-electron chi connectivity index (χ4n) is 2.96. The molecule has 0 fully saturated rings. The normalized spacial score (nSPS) is 10.7. The van der Waals surface area contributed by atoms with Gasteiger partial charge in [-0.1, -0.05) is 25.5 Å². The van der Waals surface area contributed by atoms with Gasteiger partial charge in [0.15, 0.2) is 11.5 Å². The zero-order chi connectivity index (χ0) is 20.1. The molecule has 6 nitrogen and oxygen atoms in total. The lowest BCUT2D eigenvalue weighted by molar-refractivity contribution is -0.134. The number of nitrogens with zero attached hydrogens (tertiary/aromatic N) is 1. The Balaban J connectivity index is 1.99. The third kappa shape index (κ3) is 4.17. The van der Waals surface area contributed by atoms with Gasteiger partial charge in [0.1, 0.15) is 5.58 Å². The summed E-state index contributed by atoms with van der Waals surface area (Å²) in [5.41, 5.74) is 1.52. The molecule has 6 heteroatoms. The van der Waals surface area contributed by atoms with E-state index in [0.717, 1.165) is 23.9 Å². The summed E-state index contributed by atoms with van der Waals surface area (Å²) in [7, 11) is 3.36. The number of hydrogen-bond donors (Lipinski definition) is 0. The van der Waals surface area contributed by atoms with E-state index >= 15 is 0 Å². The van der Waals surface area contributed by atoms with Crippen molar-refractivity contribution < 1.29 is 18.7 Å². The number of ether oxygens (including phenoxy) is 2. The molecule has 0 saturated heterocycles. The van der Waals surface area contributed by atoms with Gasteiger partial charge in [0.2, 0.25) is 0 Å². The Morgan fingerprint density at radius 3 is 2.64 bits per heavy atom. The second-order valence-electron chi connectivity index (χ2n) is 6.42. The van der Waals surface area contributed by atoms with E-state index in [9.17, 15) is 9.59 Å². The summed E-state index contributed by atoms with van der Waals surface area (Å²) in [6.07, 6.45) is 2.04. The summed E-state index contributed by atoms with van der Waals surface area (Å²) in [5.74, 6) is 0.519. The van der Waals surface area contributed by atoms with Crippen molar-refractivity contribution in [2.45, 2.75) is 26.2 Å². The van der Waals surface area contributed by atoms with E-state index in [2.05, 4.69) is 0 Å². The number of fused-ring (bicyclic) bond motifs is 1. The van der Waals surface area contributed by atoms with Crippen molar-refractivity contribution in [2.24, 2.45) is 0 Å². The van der Waals surface area contributed by atoms with Gasteiger partial charge in [-0.05, 0) is 30.7 Å². The van der Waals surface area contributed by atoms with E-state index in [1.54, 1.807) is 18.2 Å². The molecule has 0 bridgehead atoms. The van der Waals surface area contributed by atoms with Crippen LogP contribution in [-0.4, -0.2) is 20.1 Å². The Kier molecular flexibility index (Phi) is 5.99. The van der Waals surface area contributed by atoms with Gasteiger partial charge < -0.3 is 18.8 Å². The highest BCUT2D eigenvalue weighted by atomic mass is 16.6. The number of rotatable bonds is 7. The van der Waals surface area contributed by atoms with Gasteiger partial charge in [0.25, 0.3) is 0 Å². The van der Waals surface area contributed by atoms with E-state index < -0.39 is 5.63 Å². The van der Waals surface area contributed by atoms with Crippen molar-refractivity contribution in [2.75, 3.05) is 19.1 Å². The summed E-state index contributed by atoms with van der Waals surface area (Å²) < 4.78 is 16.1. The molecular weight excluding hydrogens is 358 g/mol. The minimum absolute atomic E-state index is 0.300. The highest BCUT2D eigenvalue weighted by Crippen LogP contribution is 2.36. The average Bonchev–Trinajstić information content (AvgIpc) is 2.71. The molecule has 1 aromatic heterocycles. The molecule has 28 heavy (non-hydrogen) atoms. The SMILES string of the molecule is CCCCC(=O)Oc1cc(N(C)c2cc(=O)oc3ccccc23)ccc1OC. The number of unbranched alkanes of at least 4 members (excludes halogenated alkanes) is 1. The predicted octanol–water partition coefficient (Wildman–Crippen LogP) is 4.67. The Morgan fingerprint density at radius 2 is 1.89 bits per heavy atom. The summed E-state index contributed by atoms with van der Waals surface area (Å²) in [4.78, 5) is 25.9. The molecular formula is C22H23NO5. The lowest BCUT2D eigenvalue weighted by atomic mass is 10.1. The van der Waals surface area contributed by atoms with Gasteiger partial charge in [-0.15, -0.1) is 0 Å². The fourth-order valence-corrected chi connectivity index (χ4v) is 2.96. The topological polar surface area (TPSA) is 69.0 Å². The van der Waals surface area contributed by atoms with E-state index in [-0.39, 0.29) is 5.97 Å². The number of esters is 1. The second-order valence-corrected chi connectivity index (χ2v) is 6.42. The van der Waals surface area contributed by atoms with Gasteiger partial charge in [-0.3, -0.25) is 4.79 Å². The Bertz CT molecular complexity index is 1040. The van der Waals surface area contributed by atoms with Gasteiger partial charge in [0.05, 0.1) is 12.8 Å². The quantitative estimate of drug-likeness (QED) is 0.337. The van der Waals surface area contributed by atoms with Crippen molar-refractivity contribution in [3.05, 3.63) is 59.0 Å². The standard InChI is InChI=1S/C22H23NO5/c1-4-5-10-21(24)28-20-13-15(11-12-19(20)26-3)23(2)17-14-22(25)27-18-9-7-6-8-16(17)18/h6-9,11-14H,4-5,10H2,1-3H3. The lowest BCUT2D eigenvalue weighted by Crippen LogP contribution is -2.14. The highest BCUT2D eigenvalue weighted by molar-refractivity contribution is 5.92. The average molecular weight is 381 g/mol. The number of hydrogen-bond acceptors (Lipinski definition) is 6. The fraction of sp³-hybridized carbons (Fsp3) is 0.273. The van der Waals surface area contributed by atoms with E-state index in [0.29, 0.717) is 29.2 Å². The molecule has 3 aromatic rings. The molecule has 0 saturated carbocycles. The molecule has 1 heterocycles. The summed E-state index contributed by atoms with van der Waals surface area (Å²) in [6.45, 7) is 2.02. The van der Waals surface area contributed by atoms with E-state index in [1.807, 2.05) is 43.1 Å². The number of anilines is 2. The maximum absolute atomic E-state index is 12.1. The smallest absolute Gasteiger partial charge is 0.338 e. The van der Waals surface area contributed by atoms with Crippen molar-refractivity contribution >= 4 is 28.3 Å².